The van der Waals surface area contributed by atoms with E-state index in [2.05, 4.69) is 41.9 Å². The maximum absolute atomic E-state index is 4.39. The molecule has 0 radical (unpaired) electrons. The molecule has 5 heteroatoms. The van der Waals surface area contributed by atoms with Gasteiger partial charge in [0.1, 0.15) is 0 Å². The molecule has 84 valence electrons. The maximum Gasteiger partial charge on any atom is 0.161 e. The van der Waals surface area contributed by atoms with E-state index in [-0.39, 0.29) is 0 Å². The predicted molar refractivity (Wildman–Crippen MR) is 74.3 cm³/mol. The summed E-state index contributed by atoms with van der Waals surface area (Å²) < 4.78 is 3.76. The van der Waals surface area contributed by atoms with Crippen LogP contribution >= 0.6 is 31.9 Å². The molecule has 3 rings (SSSR count). The van der Waals surface area contributed by atoms with Crippen molar-refractivity contribution < 1.29 is 0 Å². The number of fused-ring (bicyclic) bond motifs is 1. The number of halogens is 2. The van der Waals surface area contributed by atoms with Crippen molar-refractivity contribution in [3.05, 3.63) is 51.8 Å². The van der Waals surface area contributed by atoms with Crippen molar-refractivity contribution in [3.8, 4) is 5.82 Å². The topological polar surface area (TPSA) is 30.7 Å². The van der Waals surface area contributed by atoms with E-state index in [1.165, 1.54) is 0 Å². The summed E-state index contributed by atoms with van der Waals surface area (Å²) >= 11 is 6.93. The van der Waals surface area contributed by atoms with Crippen LogP contribution in [0.4, 0.5) is 0 Å². The lowest BCUT2D eigenvalue weighted by atomic mass is 10.1. The fourth-order valence-electron chi connectivity index (χ4n) is 1.75. The summed E-state index contributed by atoms with van der Waals surface area (Å²) in [4.78, 5) is 4.39. The maximum atomic E-state index is 4.39. The van der Waals surface area contributed by atoms with Crippen LogP contribution in [0.1, 0.15) is 0 Å². The lowest BCUT2D eigenvalue weighted by Crippen LogP contribution is -1.98. The van der Waals surface area contributed by atoms with Crippen LogP contribution in [0.25, 0.3) is 16.6 Å². The number of nitrogens with zero attached hydrogens (tertiary/aromatic N) is 3. The number of rotatable bonds is 1. The molecule has 0 fully saturated rings. The van der Waals surface area contributed by atoms with Crippen molar-refractivity contribution in [2.45, 2.75) is 0 Å². The van der Waals surface area contributed by atoms with Crippen LogP contribution < -0.4 is 0 Å². The quantitative estimate of drug-likeness (QED) is 0.664. The molecule has 0 N–H and O–H groups in total. The number of hydrogen-bond donors (Lipinski definition) is 0. The van der Waals surface area contributed by atoms with Gasteiger partial charge in [-0.05, 0) is 28.1 Å². The predicted octanol–water partition coefficient (Wildman–Crippen LogP) is 3.95. The number of aromatic nitrogens is 3. The van der Waals surface area contributed by atoms with Crippen molar-refractivity contribution in [1.29, 1.82) is 0 Å². The molecule has 2 heterocycles. The van der Waals surface area contributed by atoms with Crippen LogP contribution in [0.15, 0.2) is 51.8 Å². The Bertz CT molecular complexity index is 691. The smallest absolute Gasteiger partial charge is 0.161 e. The van der Waals surface area contributed by atoms with Gasteiger partial charge in [0.15, 0.2) is 5.82 Å². The molecule has 1 aromatic carbocycles. The fourth-order valence-corrected chi connectivity index (χ4v) is 2.54. The summed E-state index contributed by atoms with van der Waals surface area (Å²) in [5, 5.41) is 6.45. The van der Waals surface area contributed by atoms with Crippen LogP contribution in [-0.2, 0) is 0 Å². The largest absolute Gasteiger partial charge is 0.237 e. The Morgan fingerprint density at radius 2 is 1.94 bits per heavy atom. The van der Waals surface area contributed by atoms with Crippen LogP contribution in [0.3, 0.4) is 0 Å². The molecule has 0 aliphatic rings. The van der Waals surface area contributed by atoms with Crippen molar-refractivity contribution >= 4 is 42.6 Å². The lowest BCUT2D eigenvalue weighted by molar-refractivity contribution is 0.856. The Balaban J connectivity index is 2.34. The highest BCUT2D eigenvalue weighted by Gasteiger charge is 2.07. The molecule has 0 spiro atoms. The van der Waals surface area contributed by atoms with Crippen LogP contribution in [0.2, 0.25) is 0 Å². The Morgan fingerprint density at radius 1 is 1.06 bits per heavy atom. The van der Waals surface area contributed by atoms with Gasteiger partial charge in [0.25, 0.3) is 0 Å². The SMILES string of the molecule is Brc1cnn(-c2nccc3c(Br)cccc23)c1. The molecule has 0 aliphatic heterocycles. The van der Waals surface area contributed by atoms with Gasteiger partial charge in [-0.2, -0.15) is 5.10 Å². The molecular weight excluding hydrogens is 346 g/mol. The summed E-state index contributed by atoms with van der Waals surface area (Å²) in [6.45, 7) is 0. The third-order valence-corrected chi connectivity index (χ3v) is 3.60. The molecule has 0 amide bonds. The minimum atomic E-state index is 0.828. The highest BCUT2D eigenvalue weighted by Crippen LogP contribution is 2.27. The molecule has 0 unspecified atom stereocenters. The third kappa shape index (κ3) is 1.89. The van der Waals surface area contributed by atoms with Gasteiger partial charge in [0, 0.05) is 27.6 Å². The molecule has 3 aromatic rings. The summed E-state index contributed by atoms with van der Waals surface area (Å²) in [5.41, 5.74) is 0. The van der Waals surface area contributed by atoms with Gasteiger partial charge in [-0.3, -0.25) is 0 Å². The van der Waals surface area contributed by atoms with Gasteiger partial charge in [0.2, 0.25) is 0 Å². The zero-order valence-electron chi connectivity index (χ0n) is 8.64. The highest BCUT2D eigenvalue weighted by molar-refractivity contribution is 9.11. The van der Waals surface area contributed by atoms with E-state index in [0.29, 0.717) is 0 Å². The molecular formula is C12H7Br2N3. The highest BCUT2D eigenvalue weighted by atomic mass is 79.9. The van der Waals surface area contributed by atoms with Crippen molar-refractivity contribution in [2.75, 3.05) is 0 Å². The minimum Gasteiger partial charge on any atom is -0.237 e. The summed E-state index contributed by atoms with van der Waals surface area (Å²) in [6.07, 6.45) is 5.43. The van der Waals surface area contributed by atoms with Crippen molar-refractivity contribution in [3.63, 3.8) is 0 Å². The van der Waals surface area contributed by atoms with Crippen molar-refractivity contribution in [1.82, 2.24) is 14.8 Å². The minimum absolute atomic E-state index is 0.828. The van der Waals surface area contributed by atoms with E-state index in [1.54, 1.807) is 17.1 Å². The third-order valence-electron chi connectivity index (χ3n) is 2.50. The average Bonchev–Trinajstić information content (AvgIpc) is 2.76. The molecule has 0 aliphatic carbocycles. The van der Waals surface area contributed by atoms with E-state index in [0.717, 1.165) is 25.5 Å². The van der Waals surface area contributed by atoms with Crippen LogP contribution in [-0.4, -0.2) is 14.8 Å². The summed E-state index contributed by atoms with van der Waals surface area (Å²) in [7, 11) is 0. The van der Waals surface area contributed by atoms with Gasteiger partial charge >= 0.3 is 0 Å². The zero-order chi connectivity index (χ0) is 11.8. The monoisotopic (exact) mass is 351 g/mol. The van der Waals surface area contributed by atoms with Crippen LogP contribution in [0, 0.1) is 0 Å². The molecule has 17 heavy (non-hydrogen) atoms. The summed E-state index contributed by atoms with van der Waals surface area (Å²) in [6, 6.07) is 8.04. The number of benzene rings is 1. The Kier molecular flexibility index (Phi) is 2.72. The molecule has 0 bridgehead atoms. The number of hydrogen-bond acceptors (Lipinski definition) is 2. The van der Waals surface area contributed by atoms with E-state index in [1.807, 2.05) is 30.5 Å². The second kappa shape index (κ2) is 4.23. The van der Waals surface area contributed by atoms with Gasteiger partial charge in [-0.25, -0.2) is 9.67 Å². The van der Waals surface area contributed by atoms with Crippen LogP contribution in [0.5, 0.6) is 0 Å². The fraction of sp³-hybridized carbons (Fsp3) is 0. The number of pyridine rings is 1. The Morgan fingerprint density at radius 3 is 2.71 bits per heavy atom. The standard InChI is InChI=1S/C12H7Br2N3/c13-8-6-16-17(7-8)12-10-2-1-3-11(14)9(10)4-5-15-12/h1-7H. The van der Waals surface area contributed by atoms with Gasteiger partial charge in [-0.1, -0.05) is 28.1 Å². The van der Waals surface area contributed by atoms with Gasteiger partial charge in [0.05, 0.1) is 10.7 Å². The first kappa shape index (κ1) is 10.9. The summed E-state index contributed by atoms with van der Waals surface area (Å²) in [5.74, 6) is 0.828. The molecule has 2 aromatic heterocycles. The van der Waals surface area contributed by atoms with Crippen molar-refractivity contribution in [2.24, 2.45) is 0 Å². The average molecular weight is 353 g/mol. The van der Waals surface area contributed by atoms with E-state index in [4.69, 9.17) is 0 Å². The Hall–Kier alpha value is -1.20. The Labute approximate surface area is 115 Å². The molecule has 3 nitrogen and oxygen atoms in total. The molecule has 0 saturated heterocycles. The first-order valence-electron chi connectivity index (χ1n) is 4.99. The normalized spacial score (nSPS) is 10.9. The zero-order valence-corrected chi connectivity index (χ0v) is 11.8. The van der Waals surface area contributed by atoms with E-state index >= 15 is 0 Å². The molecule has 0 atom stereocenters. The van der Waals surface area contributed by atoms with Gasteiger partial charge in [-0.15, -0.1) is 0 Å². The van der Waals surface area contributed by atoms with E-state index < -0.39 is 0 Å². The second-order valence-corrected chi connectivity index (χ2v) is 5.34. The first-order valence-corrected chi connectivity index (χ1v) is 6.58. The second-order valence-electron chi connectivity index (χ2n) is 3.57. The molecule has 0 saturated carbocycles. The first-order chi connectivity index (χ1) is 8.25. The van der Waals surface area contributed by atoms with Gasteiger partial charge < -0.3 is 0 Å². The van der Waals surface area contributed by atoms with E-state index in [9.17, 15) is 0 Å². The lowest BCUT2D eigenvalue weighted by Gasteiger charge is -2.06.